The molecule has 0 rings (SSSR count). The number of carbonyl (C=O) groups excluding carboxylic acids is 1. The molecule has 78 valence electrons. The molecule has 0 aliphatic carbocycles. The van der Waals surface area contributed by atoms with Gasteiger partial charge in [0.25, 0.3) is 0 Å². The molecule has 6 nitrogen and oxygen atoms in total. The van der Waals surface area contributed by atoms with Crippen molar-refractivity contribution in [2.75, 3.05) is 13.7 Å². The number of unbranched alkanes of at least 4 members (excludes halogenated alkanes) is 1. The lowest BCUT2D eigenvalue weighted by atomic mass is 10.4. The number of hydrogen-bond acceptors (Lipinski definition) is 5. The second-order valence-electron chi connectivity index (χ2n) is 1.94. The van der Waals surface area contributed by atoms with Crippen molar-refractivity contribution < 1.29 is 23.3 Å². The first-order valence-electron chi connectivity index (χ1n) is 3.61. The number of nitrogens with one attached hydrogen (secondary N) is 1. The first-order valence-corrected chi connectivity index (χ1v) is 5.10. The molecule has 13 heavy (non-hydrogen) atoms. The molecule has 0 saturated heterocycles. The van der Waals surface area contributed by atoms with E-state index in [0.717, 1.165) is 26.0 Å². The maximum Gasteiger partial charge on any atom is 0.471 e. The molecule has 2 N–H and O–H groups in total. The summed E-state index contributed by atoms with van der Waals surface area (Å²) in [6.45, 7) is 2.25. The summed E-state index contributed by atoms with van der Waals surface area (Å²) < 4.78 is 19.2. The van der Waals surface area contributed by atoms with Crippen LogP contribution in [0.15, 0.2) is 0 Å². The summed E-state index contributed by atoms with van der Waals surface area (Å²) in [5, 5.41) is 5.40. The van der Waals surface area contributed by atoms with Gasteiger partial charge in [0.2, 0.25) is 6.08 Å². The van der Waals surface area contributed by atoms with E-state index in [9.17, 15) is 4.57 Å². The van der Waals surface area contributed by atoms with Gasteiger partial charge >= 0.3 is 7.82 Å². The van der Waals surface area contributed by atoms with E-state index in [0.29, 0.717) is 0 Å². The Bertz CT molecular complexity index is 189. The standard InChI is InChI=1S/C5H13O4P.CHNO/c1-3-4-5-9-10(6,7)8-2;2-1-3/h3-5H2,1-2H3,(H,6,7);2H. The zero-order valence-corrected chi connectivity index (χ0v) is 8.54. The third-order valence-electron chi connectivity index (χ3n) is 0.983. The molecule has 0 aliphatic heterocycles. The molecule has 0 amide bonds. The molecule has 0 aromatic carbocycles. The quantitative estimate of drug-likeness (QED) is 0.310. The highest BCUT2D eigenvalue weighted by Crippen LogP contribution is 2.41. The molecule has 0 spiro atoms. The lowest BCUT2D eigenvalue weighted by Crippen LogP contribution is -1.93. The Morgan fingerprint density at radius 2 is 2.08 bits per heavy atom. The van der Waals surface area contributed by atoms with Crippen LogP contribution in [0.1, 0.15) is 19.8 Å². The largest absolute Gasteiger partial charge is 0.471 e. The van der Waals surface area contributed by atoms with Gasteiger partial charge in [-0.05, 0) is 6.42 Å². The fraction of sp³-hybridized carbons (Fsp3) is 0.833. The van der Waals surface area contributed by atoms with Gasteiger partial charge in [0.05, 0.1) is 6.61 Å². The predicted octanol–water partition coefficient (Wildman–Crippen LogP) is 1.45. The van der Waals surface area contributed by atoms with Crippen LogP contribution in [0.5, 0.6) is 0 Å². The maximum absolute atomic E-state index is 10.6. The van der Waals surface area contributed by atoms with Gasteiger partial charge in [-0.15, -0.1) is 0 Å². The van der Waals surface area contributed by atoms with Crippen LogP contribution in [-0.4, -0.2) is 24.7 Å². The van der Waals surface area contributed by atoms with Crippen LogP contribution in [0.3, 0.4) is 0 Å². The lowest BCUT2D eigenvalue weighted by molar-refractivity contribution is 0.171. The average Bonchev–Trinajstić information content (AvgIpc) is 2.06. The first kappa shape index (κ1) is 15.0. The van der Waals surface area contributed by atoms with Crippen molar-refractivity contribution in [1.29, 1.82) is 5.41 Å². The molecular weight excluding hydrogens is 197 g/mol. The van der Waals surface area contributed by atoms with Crippen LogP contribution in [0, 0.1) is 5.41 Å². The number of rotatable bonds is 5. The molecule has 0 aromatic rings. The third kappa shape index (κ3) is 14.4. The average molecular weight is 211 g/mol. The van der Waals surface area contributed by atoms with Crippen LogP contribution in [0.25, 0.3) is 0 Å². The predicted molar refractivity (Wildman–Crippen MR) is 46.1 cm³/mol. The molecule has 0 heterocycles. The Kier molecular flexibility index (Phi) is 11.0. The van der Waals surface area contributed by atoms with E-state index in [4.69, 9.17) is 15.1 Å². The second kappa shape index (κ2) is 9.58. The van der Waals surface area contributed by atoms with Gasteiger partial charge in [-0.25, -0.2) is 14.8 Å². The highest BCUT2D eigenvalue weighted by atomic mass is 31.2. The Labute approximate surface area is 77.0 Å². The Hall–Kier alpha value is -0.510. The minimum absolute atomic E-state index is 0.276. The molecule has 0 aliphatic rings. The van der Waals surface area contributed by atoms with Gasteiger partial charge in [-0.2, -0.15) is 0 Å². The SMILES string of the molecule is CCCCOP(=O)(O)OC.N=C=O. The van der Waals surface area contributed by atoms with E-state index < -0.39 is 7.82 Å². The second-order valence-corrected chi connectivity index (χ2v) is 3.50. The summed E-state index contributed by atoms with van der Waals surface area (Å²) in [4.78, 5) is 17.0. The van der Waals surface area contributed by atoms with Crippen LogP contribution >= 0.6 is 7.82 Å². The molecule has 0 bridgehead atoms. The summed E-state index contributed by atoms with van der Waals surface area (Å²) in [6.07, 6.45) is 2.46. The smallest absolute Gasteiger partial charge is 0.303 e. The number of phosphoric ester groups is 1. The normalized spacial score (nSPS) is 13.5. The van der Waals surface area contributed by atoms with E-state index in [1.807, 2.05) is 6.92 Å². The van der Waals surface area contributed by atoms with E-state index in [1.165, 1.54) is 0 Å². The van der Waals surface area contributed by atoms with E-state index in [2.05, 4.69) is 9.05 Å². The van der Waals surface area contributed by atoms with Crippen LogP contribution < -0.4 is 0 Å². The number of phosphoric acid groups is 1. The Balaban J connectivity index is 0. The van der Waals surface area contributed by atoms with Crippen LogP contribution in [-0.2, 0) is 18.4 Å². The molecule has 0 aromatic heterocycles. The zero-order chi connectivity index (χ0) is 10.7. The van der Waals surface area contributed by atoms with Crippen molar-refractivity contribution in [2.45, 2.75) is 19.8 Å². The van der Waals surface area contributed by atoms with E-state index in [-0.39, 0.29) is 6.61 Å². The summed E-state index contributed by atoms with van der Waals surface area (Å²) in [6, 6.07) is 0. The van der Waals surface area contributed by atoms with Gasteiger partial charge in [0, 0.05) is 7.11 Å². The zero-order valence-electron chi connectivity index (χ0n) is 7.65. The minimum atomic E-state index is -3.70. The van der Waals surface area contributed by atoms with Gasteiger partial charge < -0.3 is 4.89 Å². The topological polar surface area (TPSA) is 96.7 Å². The molecule has 1 atom stereocenters. The van der Waals surface area contributed by atoms with Gasteiger partial charge in [0.1, 0.15) is 0 Å². The highest BCUT2D eigenvalue weighted by molar-refractivity contribution is 7.47. The first-order chi connectivity index (χ1) is 6.04. The molecule has 0 radical (unpaired) electrons. The maximum atomic E-state index is 10.6. The van der Waals surface area contributed by atoms with Crippen molar-refractivity contribution in [3.63, 3.8) is 0 Å². The van der Waals surface area contributed by atoms with Gasteiger partial charge in [0.15, 0.2) is 0 Å². The van der Waals surface area contributed by atoms with Crippen molar-refractivity contribution >= 4 is 13.9 Å². The Morgan fingerprint density at radius 1 is 1.62 bits per heavy atom. The van der Waals surface area contributed by atoms with Crippen molar-refractivity contribution in [1.82, 2.24) is 0 Å². The molecule has 0 saturated carbocycles. The van der Waals surface area contributed by atoms with E-state index in [1.54, 1.807) is 0 Å². The molecular formula is C6H14NO5P. The third-order valence-corrected chi connectivity index (χ3v) is 1.95. The fourth-order valence-electron chi connectivity index (χ4n) is 0.377. The number of hydrogen-bond donors (Lipinski definition) is 2. The van der Waals surface area contributed by atoms with Crippen molar-refractivity contribution in [2.24, 2.45) is 0 Å². The highest BCUT2D eigenvalue weighted by Gasteiger charge is 2.16. The van der Waals surface area contributed by atoms with E-state index >= 15 is 0 Å². The van der Waals surface area contributed by atoms with Crippen LogP contribution in [0.2, 0.25) is 0 Å². The monoisotopic (exact) mass is 211 g/mol. The summed E-state index contributed by atoms with van der Waals surface area (Å²) in [5.74, 6) is 0. The van der Waals surface area contributed by atoms with Gasteiger partial charge in [-0.1, -0.05) is 13.3 Å². The summed E-state index contributed by atoms with van der Waals surface area (Å²) in [5.41, 5.74) is 0. The lowest BCUT2D eigenvalue weighted by Gasteiger charge is -2.07. The van der Waals surface area contributed by atoms with Crippen LogP contribution in [0.4, 0.5) is 0 Å². The van der Waals surface area contributed by atoms with Gasteiger partial charge in [-0.3, -0.25) is 9.05 Å². The van der Waals surface area contributed by atoms with Crippen molar-refractivity contribution in [3.8, 4) is 0 Å². The Morgan fingerprint density at radius 3 is 2.38 bits per heavy atom. The van der Waals surface area contributed by atoms with Crippen molar-refractivity contribution in [3.05, 3.63) is 0 Å². The fourth-order valence-corrected chi connectivity index (χ4v) is 0.842. The summed E-state index contributed by atoms with van der Waals surface area (Å²) in [7, 11) is -2.56. The molecule has 0 fully saturated rings. The number of isocyanates is 1. The minimum Gasteiger partial charge on any atom is -0.303 e. The summed E-state index contributed by atoms with van der Waals surface area (Å²) >= 11 is 0. The molecule has 7 heteroatoms. The molecule has 1 unspecified atom stereocenters.